The molecular weight excluding hydrogens is 256 g/mol. The molecule has 0 aromatic rings. The van der Waals surface area contributed by atoms with Gasteiger partial charge in [-0.2, -0.15) is 0 Å². The summed E-state index contributed by atoms with van der Waals surface area (Å²) in [6, 6.07) is 0. The first kappa shape index (κ1) is 16.4. The van der Waals surface area contributed by atoms with Crippen molar-refractivity contribution in [3.8, 4) is 0 Å². The van der Waals surface area contributed by atoms with Crippen LogP contribution in [0.2, 0.25) is 19.6 Å². The minimum Gasteiger partial charge on any atom is -0.517 e. The highest BCUT2D eigenvalue weighted by atomic mass is 28.4. The van der Waals surface area contributed by atoms with Crippen LogP contribution in [0, 0.1) is 0 Å². The quantitative estimate of drug-likeness (QED) is 0.423. The van der Waals surface area contributed by atoms with E-state index in [1.54, 1.807) is 0 Å². The Kier molecular flexibility index (Phi) is 6.32. The molecule has 0 heterocycles. The third-order valence-electron chi connectivity index (χ3n) is 1.59. The van der Waals surface area contributed by atoms with Gasteiger partial charge in [-0.15, -0.1) is 0 Å². The highest BCUT2D eigenvalue weighted by molar-refractivity contribution is 6.71. The standard InChI is InChI=1S/C11H18O6Si/c1-8(11(14)17-18(3,4)5)16-10(13)7-6-9(12)15-2/h6-8H,1-5H3. The molecule has 0 fully saturated rings. The van der Waals surface area contributed by atoms with Crippen LogP contribution in [0.4, 0.5) is 0 Å². The first-order valence-electron chi connectivity index (χ1n) is 5.35. The van der Waals surface area contributed by atoms with Gasteiger partial charge in [-0.05, 0) is 26.6 Å². The molecule has 6 nitrogen and oxygen atoms in total. The summed E-state index contributed by atoms with van der Waals surface area (Å²) in [5.41, 5.74) is 0. The number of hydrogen-bond donors (Lipinski definition) is 0. The molecule has 1 atom stereocenters. The zero-order valence-corrected chi connectivity index (χ0v) is 12.2. The van der Waals surface area contributed by atoms with E-state index in [0.29, 0.717) is 0 Å². The van der Waals surface area contributed by atoms with Crippen LogP contribution in [0.25, 0.3) is 0 Å². The number of hydrogen-bond acceptors (Lipinski definition) is 6. The maximum Gasteiger partial charge on any atom is 0.333 e. The van der Waals surface area contributed by atoms with Crippen molar-refractivity contribution in [3.63, 3.8) is 0 Å². The molecule has 1 unspecified atom stereocenters. The Morgan fingerprint density at radius 1 is 1.06 bits per heavy atom. The Labute approximate surface area is 107 Å². The van der Waals surface area contributed by atoms with Crippen LogP contribution < -0.4 is 0 Å². The Morgan fingerprint density at radius 2 is 1.56 bits per heavy atom. The average Bonchev–Trinajstić information content (AvgIpc) is 2.23. The molecule has 0 aliphatic heterocycles. The minimum absolute atomic E-state index is 0.589. The molecule has 0 saturated heterocycles. The Bertz CT molecular complexity index is 355. The van der Waals surface area contributed by atoms with Crippen molar-refractivity contribution < 1.29 is 28.3 Å². The third kappa shape index (κ3) is 7.61. The van der Waals surface area contributed by atoms with Crippen molar-refractivity contribution in [2.24, 2.45) is 0 Å². The summed E-state index contributed by atoms with van der Waals surface area (Å²) in [7, 11) is -0.823. The molecule has 0 N–H and O–H groups in total. The van der Waals surface area contributed by atoms with Gasteiger partial charge in [0.25, 0.3) is 0 Å². The van der Waals surface area contributed by atoms with E-state index in [9.17, 15) is 14.4 Å². The fourth-order valence-corrected chi connectivity index (χ4v) is 1.62. The van der Waals surface area contributed by atoms with Gasteiger partial charge in [-0.3, -0.25) is 0 Å². The smallest absolute Gasteiger partial charge is 0.333 e. The van der Waals surface area contributed by atoms with E-state index in [1.807, 2.05) is 19.6 Å². The lowest BCUT2D eigenvalue weighted by Crippen LogP contribution is -2.35. The summed E-state index contributed by atoms with van der Waals surface area (Å²) < 4.78 is 14.2. The normalized spacial score (nSPS) is 12.9. The van der Waals surface area contributed by atoms with Crippen LogP contribution in [0.3, 0.4) is 0 Å². The van der Waals surface area contributed by atoms with E-state index < -0.39 is 32.3 Å². The van der Waals surface area contributed by atoms with Gasteiger partial charge in [0.1, 0.15) is 0 Å². The predicted octanol–water partition coefficient (Wildman–Crippen LogP) is 1.03. The number of ether oxygens (including phenoxy) is 2. The number of carbonyl (C=O) groups is 3. The van der Waals surface area contributed by atoms with E-state index in [4.69, 9.17) is 9.16 Å². The van der Waals surface area contributed by atoms with Crippen LogP contribution >= 0.6 is 0 Å². The second-order valence-electron chi connectivity index (χ2n) is 4.47. The van der Waals surface area contributed by atoms with Gasteiger partial charge < -0.3 is 13.9 Å². The zero-order chi connectivity index (χ0) is 14.3. The molecule has 0 aliphatic carbocycles. The number of rotatable bonds is 5. The fraction of sp³-hybridized carbons (Fsp3) is 0.545. The van der Waals surface area contributed by atoms with Gasteiger partial charge in [0, 0.05) is 12.2 Å². The van der Waals surface area contributed by atoms with Gasteiger partial charge in [-0.1, -0.05) is 0 Å². The Balaban J connectivity index is 4.27. The molecule has 102 valence electrons. The molecule has 0 spiro atoms. The van der Waals surface area contributed by atoms with Crippen molar-refractivity contribution in [2.75, 3.05) is 7.11 Å². The molecule has 7 heteroatoms. The van der Waals surface area contributed by atoms with Gasteiger partial charge in [0.2, 0.25) is 8.32 Å². The van der Waals surface area contributed by atoms with E-state index >= 15 is 0 Å². The monoisotopic (exact) mass is 274 g/mol. The van der Waals surface area contributed by atoms with E-state index in [0.717, 1.165) is 12.2 Å². The zero-order valence-electron chi connectivity index (χ0n) is 11.2. The first-order valence-corrected chi connectivity index (χ1v) is 8.76. The summed E-state index contributed by atoms with van der Waals surface area (Å²) in [6.45, 7) is 6.94. The molecule has 0 aromatic carbocycles. The first-order chi connectivity index (χ1) is 8.15. The molecular formula is C11H18O6Si. The van der Waals surface area contributed by atoms with Crippen molar-refractivity contribution in [1.29, 1.82) is 0 Å². The van der Waals surface area contributed by atoms with Crippen molar-refractivity contribution >= 4 is 26.2 Å². The maximum atomic E-state index is 11.5. The predicted molar refractivity (Wildman–Crippen MR) is 66.1 cm³/mol. The van der Waals surface area contributed by atoms with Crippen LogP contribution in [0.15, 0.2) is 12.2 Å². The molecule has 0 saturated carbocycles. The third-order valence-corrected chi connectivity index (χ3v) is 2.40. The van der Waals surface area contributed by atoms with E-state index in [2.05, 4.69) is 4.74 Å². The number of carbonyl (C=O) groups excluding carboxylic acids is 3. The second-order valence-corrected chi connectivity index (χ2v) is 8.90. The minimum atomic E-state index is -2.01. The summed E-state index contributed by atoms with van der Waals surface area (Å²) in [6.07, 6.45) is 0.801. The Morgan fingerprint density at radius 3 is 2.00 bits per heavy atom. The van der Waals surface area contributed by atoms with Crippen LogP contribution in [0.5, 0.6) is 0 Å². The van der Waals surface area contributed by atoms with Crippen molar-refractivity contribution in [1.82, 2.24) is 0 Å². The molecule has 0 amide bonds. The molecule has 0 bridgehead atoms. The van der Waals surface area contributed by atoms with E-state index in [1.165, 1.54) is 14.0 Å². The molecule has 0 radical (unpaired) electrons. The van der Waals surface area contributed by atoms with Crippen LogP contribution in [-0.4, -0.2) is 39.4 Å². The highest BCUT2D eigenvalue weighted by Gasteiger charge is 2.25. The SMILES string of the molecule is COC(=O)C=CC(=O)OC(C)C(=O)O[Si](C)(C)C. The second kappa shape index (κ2) is 6.95. The Hall–Kier alpha value is -1.63. The van der Waals surface area contributed by atoms with E-state index in [-0.39, 0.29) is 0 Å². The lowest BCUT2D eigenvalue weighted by molar-refractivity contribution is -0.158. The molecule has 0 rings (SSSR count). The summed E-state index contributed by atoms with van der Waals surface area (Å²) in [4.78, 5) is 33.5. The summed E-state index contributed by atoms with van der Waals surface area (Å²) >= 11 is 0. The topological polar surface area (TPSA) is 78.9 Å². The summed E-state index contributed by atoms with van der Waals surface area (Å²) in [5.74, 6) is -2.07. The molecule has 0 aliphatic rings. The maximum absolute atomic E-state index is 11.5. The number of methoxy groups -OCH3 is 1. The number of esters is 2. The fourth-order valence-electron chi connectivity index (χ4n) is 0.851. The molecule has 18 heavy (non-hydrogen) atoms. The van der Waals surface area contributed by atoms with Crippen molar-refractivity contribution in [2.45, 2.75) is 32.7 Å². The van der Waals surface area contributed by atoms with Crippen LogP contribution in [0.1, 0.15) is 6.92 Å². The van der Waals surface area contributed by atoms with Gasteiger partial charge in [-0.25, -0.2) is 14.4 Å². The summed E-state index contributed by atoms with van der Waals surface area (Å²) in [5, 5.41) is 0. The molecule has 0 aromatic heterocycles. The highest BCUT2D eigenvalue weighted by Crippen LogP contribution is 2.06. The van der Waals surface area contributed by atoms with Crippen molar-refractivity contribution in [3.05, 3.63) is 12.2 Å². The largest absolute Gasteiger partial charge is 0.517 e. The lowest BCUT2D eigenvalue weighted by Gasteiger charge is -2.20. The van der Waals surface area contributed by atoms with Gasteiger partial charge >= 0.3 is 17.9 Å². The van der Waals surface area contributed by atoms with Gasteiger partial charge in [0.05, 0.1) is 7.11 Å². The van der Waals surface area contributed by atoms with Crippen LogP contribution in [-0.2, 0) is 28.3 Å². The lowest BCUT2D eigenvalue weighted by atomic mass is 10.4. The van der Waals surface area contributed by atoms with Gasteiger partial charge in [0.15, 0.2) is 6.10 Å². The average molecular weight is 274 g/mol.